The van der Waals surface area contributed by atoms with Crippen LogP contribution in [0.3, 0.4) is 0 Å². The van der Waals surface area contributed by atoms with E-state index in [1.807, 2.05) is 0 Å². The highest BCUT2D eigenvalue weighted by Crippen LogP contribution is 2.29. The first-order valence-corrected chi connectivity index (χ1v) is 5.68. The molecule has 6 heteroatoms. The molecule has 1 aromatic heterocycles. The first-order valence-electron chi connectivity index (χ1n) is 4.92. The molecule has 0 bridgehead atoms. The summed E-state index contributed by atoms with van der Waals surface area (Å²) < 4.78 is 0. The minimum atomic E-state index is -1.03. The summed E-state index contributed by atoms with van der Waals surface area (Å²) in [5.74, 6) is -1.03. The van der Waals surface area contributed by atoms with Crippen molar-refractivity contribution in [2.45, 2.75) is 12.5 Å². The molecule has 17 heavy (non-hydrogen) atoms. The lowest BCUT2D eigenvalue weighted by Gasteiger charge is -2.05. The maximum Gasteiger partial charge on any atom is 0.320 e. The van der Waals surface area contributed by atoms with E-state index in [0.717, 1.165) is 16.5 Å². The van der Waals surface area contributed by atoms with Crippen molar-refractivity contribution in [2.75, 3.05) is 0 Å². The van der Waals surface area contributed by atoms with Crippen LogP contribution in [0.15, 0.2) is 18.3 Å². The van der Waals surface area contributed by atoms with Crippen LogP contribution >= 0.6 is 23.2 Å². The first-order chi connectivity index (χ1) is 7.99. The number of aromatic amines is 1. The average Bonchev–Trinajstić information content (AvgIpc) is 2.62. The van der Waals surface area contributed by atoms with E-state index in [1.54, 1.807) is 18.3 Å². The van der Waals surface area contributed by atoms with E-state index in [2.05, 4.69) is 4.98 Å². The number of halogens is 2. The van der Waals surface area contributed by atoms with Gasteiger partial charge in [0.2, 0.25) is 0 Å². The molecule has 0 unspecified atom stereocenters. The fourth-order valence-corrected chi connectivity index (χ4v) is 1.99. The molecule has 0 fully saturated rings. The molecular formula is C11H10Cl2N2O2. The van der Waals surface area contributed by atoms with E-state index in [0.29, 0.717) is 10.0 Å². The second kappa shape index (κ2) is 4.56. The average molecular weight is 273 g/mol. The largest absolute Gasteiger partial charge is 0.480 e. The Balaban J connectivity index is 2.42. The lowest BCUT2D eigenvalue weighted by molar-refractivity contribution is -0.138. The van der Waals surface area contributed by atoms with E-state index in [-0.39, 0.29) is 6.42 Å². The molecule has 0 aliphatic carbocycles. The van der Waals surface area contributed by atoms with E-state index in [1.165, 1.54) is 0 Å². The maximum atomic E-state index is 10.7. The SMILES string of the molecule is N[C@H](Cc1c[nH]c2cc(Cl)c(Cl)cc12)C(=O)O. The number of rotatable bonds is 3. The van der Waals surface area contributed by atoms with Crippen molar-refractivity contribution in [3.63, 3.8) is 0 Å². The molecule has 2 aromatic rings. The van der Waals surface area contributed by atoms with Crippen LogP contribution in [0.25, 0.3) is 10.9 Å². The van der Waals surface area contributed by atoms with Crippen LogP contribution in [-0.2, 0) is 11.2 Å². The molecule has 0 saturated carbocycles. The number of aliphatic carboxylic acids is 1. The van der Waals surface area contributed by atoms with Crippen LogP contribution in [0.5, 0.6) is 0 Å². The van der Waals surface area contributed by atoms with Gasteiger partial charge < -0.3 is 15.8 Å². The standard InChI is InChI=1S/C11H10Cl2N2O2/c12-7-2-6-5(1-9(14)11(16)17)4-15-10(6)3-8(7)13/h2-4,9,15H,1,14H2,(H,16,17)/t9-/m1/s1. The number of nitrogens with one attached hydrogen (secondary N) is 1. The van der Waals surface area contributed by atoms with Crippen LogP contribution in [0, 0.1) is 0 Å². The van der Waals surface area contributed by atoms with Gasteiger partial charge in [-0.05, 0) is 17.7 Å². The van der Waals surface area contributed by atoms with Gasteiger partial charge in [0, 0.05) is 23.5 Å². The normalized spacial score (nSPS) is 12.9. The monoisotopic (exact) mass is 272 g/mol. The maximum absolute atomic E-state index is 10.7. The summed E-state index contributed by atoms with van der Waals surface area (Å²) in [6.07, 6.45) is 1.97. The van der Waals surface area contributed by atoms with Gasteiger partial charge in [-0.1, -0.05) is 23.2 Å². The minimum Gasteiger partial charge on any atom is -0.480 e. The molecule has 0 aliphatic rings. The molecular weight excluding hydrogens is 263 g/mol. The fraction of sp³-hybridized carbons (Fsp3) is 0.182. The molecule has 1 atom stereocenters. The van der Waals surface area contributed by atoms with Crippen molar-refractivity contribution >= 4 is 40.1 Å². The van der Waals surface area contributed by atoms with Gasteiger partial charge >= 0.3 is 5.97 Å². The topological polar surface area (TPSA) is 79.1 Å². The van der Waals surface area contributed by atoms with Crippen LogP contribution in [0.1, 0.15) is 5.56 Å². The number of carboxylic acids is 1. The summed E-state index contributed by atoms with van der Waals surface area (Å²) in [5, 5.41) is 10.5. The number of hydrogen-bond acceptors (Lipinski definition) is 2. The Morgan fingerprint density at radius 1 is 1.41 bits per heavy atom. The summed E-state index contributed by atoms with van der Waals surface area (Å²) >= 11 is 11.8. The van der Waals surface area contributed by atoms with E-state index < -0.39 is 12.0 Å². The summed E-state index contributed by atoms with van der Waals surface area (Å²) in [4.78, 5) is 13.7. The molecule has 90 valence electrons. The lowest BCUT2D eigenvalue weighted by atomic mass is 10.1. The van der Waals surface area contributed by atoms with E-state index in [4.69, 9.17) is 34.0 Å². The van der Waals surface area contributed by atoms with Gasteiger partial charge in [-0.3, -0.25) is 4.79 Å². The van der Waals surface area contributed by atoms with Gasteiger partial charge in [-0.25, -0.2) is 0 Å². The second-order valence-corrected chi connectivity index (χ2v) is 4.59. The molecule has 4 N–H and O–H groups in total. The minimum absolute atomic E-state index is 0.243. The highest BCUT2D eigenvalue weighted by molar-refractivity contribution is 6.42. The molecule has 0 spiro atoms. The van der Waals surface area contributed by atoms with Crippen molar-refractivity contribution < 1.29 is 9.90 Å². The van der Waals surface area contributed by atoms with E-state index >= 15 is 0 Å². The zero-order valence-corrected chi connectivity index (χ0v) is 10.2. The van der Waals surface area contributed by atoms with Crippen LogP contribution in [-0.4, -0.2) is 22.1 Å². The third kappa shape index (κ3) is 2.39. The summed E-state index contributed by atoms with van der Waals surface area (Å²) in [6, 6.07) is 2.48. The molecule has 0 amide bonds. The quantitative estimate of drug-likeness (QED) is 0.803. The van der Waals surface area contributed by atoms with Crippen molar-refractivity contribution in [1.29, 1.82) is 0 Å². The highest BCUT2D eigenvalue weighted by Gasteiger charge is 2.15. The zero-order chi connectivity index (χ0) is 12.6. The lowest BCUT2D eigenvalue weighted by Crippen LogP contribution is -2.32. The van der Waals surface area contributed by atoms with Gasteiger partial charge in [-0.2, -0.15) is 0 Å². The summed E-state index contributed by atoms with van der Waals surface area (Å²) in [7, 11) is 0. The Labute approximate surface area is 107 Å². The summed E-state index contributed by atoms with van der Waals surface area (Å²) in [5.41, 5.74) is 7.12. The zero-order valence-electron chi connectivity index (χ0n) is 8.71. The number of carbonyl (C=O) groups is 1. The molecule has 1 aromatic carbocycles. The smallest absolute Gasteiger partial charge is 0.320 e. The summed E-state index contributed by atoms with van der Waals surface area (Å²) in [6.45, 7) is 0. The van der Waals surface area contributed by atoms with Crippen LogP contribution < -0.4 is 5.73 Å². The Kier molecular flexibility index (Phi) is 3.28. The van der Waals surface area contributed by atoms with Gasteiger partial charge in [0.05, 0.1) is 10.0 Å². The number of nitrogens with two attached hydrogens (primary N) is 1. The molecule has 1 heterocycles. The van der Waals surface area contributed by atoms with Crippen molar-refractivity contribution in [2.24, 2.45) is 5.73 Å². The number of fused-ring (bicyclic) bond motifs is 1. The number of benzene rings is 1. The van der Waals surface area contributed by atoms with Gasteiger partial charge in [0.1, 0.15) is 6.04 Å². The highest BCUT2D eigenvalue weighted by atomic mass is 35.5. The van der Waals surface area contributed by atoms with Gasteiger partial charge in [0.15, 0.2) is 0 Å². The van der Waals surface area contributed by atoms with Gasteiger partial charge in [-0.15, -0.1) is 0 Å². The number of carboxylic acid groups (broad SMARTS) is 1. The molecule has 0 saturated heterocycles. The first kappa shape index (κ1) is 12.2. The Bertz CT molecular complexity index is 580. The number of H-pyrrole nitrogens is 1. The van der Waals surface area contributed by atoms with Crippen LogP contribution in [0.2, 0.25) is 10.0 Å². The Morgan fingerprint density at radius 2 is 2.06 bits per heavy atom. The third-order valence-corrected chi connectivity index (χ3v) is 3.29. The van der Waals surface area contributed by atoms with E-state index in [9.17, 15) is 4.79 Å². The third-order valence-electron chi connectivity index (χ3n) is 2.57. The molecule has 0 radical (unpaired) electrons. The predicted octanol–water partition coefficient (Wildman–Crippen LogP) is 2.43. The fourth-order valence-electron chi connectivity index (χ4n) is 1.67. The van der Waals surface area contributed by atoms with Crippen LogP contribution in [0.4, 0.5) is 0 Å². The molecule has 4 nitrogen and oxygen atoms in total. The van der Waals surface area contributed by atoms with Crippen molar-refractivity contribution in [3.8, 4) is 0 Å². The number of aromatic nitrogens is 1. The Hall–Kier alpha value is -1.23. The Morgan fingerprint density at radius 3 is 2.71 bits per heavy atom. The number of hydrogen-bond donors (Lipinski definition) is 3. The predicted molar refractivity (Wildman–Crippen MR) is 67.6 cm³/mol. The van der Waals surface area contributed by atoms with Gasteiger partial charge in [0.25, 0.3) is 0 Å². The van der Waals surface area contributed by atoms with Crippen molar-refractivity contribution in [1.82, 2.24) is 4.98 Å². The van der Waals surface area contributed by atoms with Crippen molar-refractivity contribution in [3.05, 3.63) is 33.9 Å². The molecule has 2 rings (SSSR count). The molecule has 0 aliphatic heterocycles. The second-order valence-electron chi connectivity index (χ2n) is 3.77.